The average molecular weight is 302 g/mol. The summed E-state index contributed by atoms with van der Waals surface area (Å²) in [7, 11) is 0. The number of hydrogen-bond acceptors (Lipinski definition) is 4. The van der Waals surface area contributed by atoms with Crippen LogP contribution in [0.25, 0.3) is 0 Å². The van der Waals surface area contributed by atoms with Gasteiger partial charge in [0, 0.05) is 13.1 Å². The maximum atomic E-state index is 11.5. The fraction of sp³-hybridized carbons (Fsp3) is 0.867. The third-order valence-electron chi connectivity index (χ3n) is 2.27. The van der Waals surface area contributed by atoms with E-state index in [9.17, 15) is 9.59 Å². The van der Waals surface area contributed by atoms with Crippen molar-refractivity contribution in [1.82, 2.24) is 10.6 Å². The standard InChI is InChI=1S/C15H30N2O4/c1-14(2,3)20-10-12(18)16-8-7-9-17-13(19)11-21-15(4,5)6/h7-11H2,1-6H3,(H,16,18)(H,17,19). The lowest BCUT2D eigenvalue weighted by Gasteiger charge is -2.19. The highest BCUT2D eigenvalue weighted by atomic mass is 16.5. The second-order valence-corrected chi connectivity index (χ2v) is 6.86. The molecule has 0 aromatic carbocycles. The summed E-state index contributed by atoms with van der Waals surface area (Å²) in [6.45, 7) is 12.5. The van der Waals surface area contributed by atoms with Gasteiger partial charge in [0.2, 0.25) is 11.8 Å². The van der Waals surface area contributed by atoms with Crippen molar-refractivity contribution in [3.8, 4) is 0 Å². The van der Waals surface area contributed by atoms with Gasteiger partial charge in [0.05, 0.1) is 11.2 Å². The van der Waals surface area contributed by atoms with Crippen LogP contribution in [0.5, 0.6) is 0 Å². The predicted molar refractivity (Wildman–Crippen MR) is 82.0 cm³/mol. The zero-order valence-corrected chi connectivity index (χ0v) is 14.2. The molecule has 0 aliphatic carbocycles. The lowest BCUT2D eigenvalue weighted by Crippen LogP contribution is -2.35. The Kier molecular flexibility index (Phi) is 8.51. The summed E-state index contributed by atoms with van der Waals surface area (Å²) in [6.07, 6.45) is 0.669. The second-order valence-electron chi connectivity index (χ2n) is 6.86. The van der Waals surface area contributed by atoms with Crippen LogP contribution in [0.15, 0.2) is 0 Å². The van der Waals surface area contributed by atoms with E-state index in [1.54, 1.807) is 0 Å². The molecule has 0 aromatic rings. The molecule has 0 saturated carbocycles. The fourth-order valence-electron chi connectivity index (χ4n) is 1.21. The molecule has 0 rings (SSSR count). The summed E-state index contributed by atoms with van der Waals surface area (Å²) >= 11 is 0. The van der Waals surface area contributed by atoms with Crippen molar-refractivity contribution in [2.75, 3.05) is 26.3 Å². The first-order valence-electron chi connectivity index (χ1n) is 7.31. The van der Waals surface area contributed by atoms with Gasteiger partial charge in [0.15, 0.2) is 0 Å². The second kappa shape index (κ2) is 9.00. The first-order chi connectivity index (χ1) is 9.49. The highest BCUT2D eigenvalue weighted by Crippen LogP contribution is 2.06. The average Bonchev–Trinajstić information content (AvgIpc) is 2.32. The van der Waals surface area contributed by atoms with Crippen molar-refractivity contribution in [2.45, 2.75) is 59.2 Å². The van der Waals surface area contributed by atoms with Crippen molar-refractivity contribution in [1.29, 1.82) is 0 Å². The smallest absolute Gasteiger partial charge is 0.246 e. The van der Waals surface area contributed by atoms with Crippen LogP contribution in [0, 0.1) is 0 Å². The summed E-state index contributed by atoms with van der Waals surface area (Å²) in [5.74, 6) is -0.292. The van der Waals surface area contributed by atoms with Gasteiger partial charge in [-0.2, -0.15) is 0 Å². The molecule has 21 heavy (non-hydrogen) atoms. The molecule has 0 radical (unpaired) electrons. The number of rotatable bonds is 8. The van der Waals surface area contributed by atoms with Gasteiger partial charge >= 0.3 is 0 Å². The van der Waals surface area contributed by atoms with E-state index in [4.69, 9.17) is 9.47 Å². The van der Waals surface area contributed by atoms with Gasteiger partial charge < -0.3 is 20.1 Å². The Morgan fingerprint density at radius 3 is 1.38 bits per heavy atom. The lowest BCUT2D eigenvalue weighted by molar-refractivity contribution is -0.130. The molecular weight excluding hydrogens is 272 g/mol. The number of ether oxygens (including phenoxy) is 2. The van der Waals surface area contributed by atoms with Crippen LogP contribution in [-0.4, -0.2) is 49.3 Å². The minimum atomic E-state index is -0.321. The maximum absolute atomic E-state index is 11.5. The van der Waals surface area contributed by atoms with Gasteiger partial charge in [-0.05, 0) is 48.0 Å². The molecule has 0 aliphatic rings. The number of carbonyl (C=O) groups is 2. The van der Waals surface area contributed by atoms with E-state index < -0.39 is 0 Å². The Balaban J connectivity index is 3.55. The van der Waals surface area contributed by atoms with Gasteiger partial charge in [0.25, 0.3) is 0 Å². The van der Waals surface area contributed by atoms with E-state index in [1.165, 1.54) is 0 Å². The SMILES string of the molecule is CC(C)(C)OCC(=O)NCCCNC(=O)COC(C)(C)C. The Morgan fingerprint density at radius 1 is 0.762 bits per heavy atom. The van der Waals surface area contributed by atoms with Crippen molar-refractivity contribution in [3.63, 3.8) is 0 Å². The Labute approximate surface area is 127 Å². The molecular formula is C15H30N2O4. The van der Waals surface area contributed by atoms with E-state index in [0.29, 0.717) is 19.5 Å². The van der Waals surface area contributed by atoms with Crippen LogP contribution in [0.4, 0.5) is 0 Å². The van der Waals surface area contributed by atoms with Gasteiger partial charge in [0.1, 0.15) is 13.2 Å². The van der Waals surface area contributed by atoms with Crippen LogP contribution in [0.1, 0.15) is 48.0 Å². The van der Waals surface area contributed by atoms with Crippen LogP contribution < -0.4 is 10.6 Å². The normalized spacial score (nSPS) is 12.1. The summed E-state index contributed by atoms with van der Waals surface area (Å²) in [6, 6.07) is 0. The minimum Gasteiger partial charge on any atom is -0.366 e. The Morgan fingerprint density at radius 2 is 1.10 bits per heavy atom. The van der Waals surface area contributed by atoms with Crippen LogP contribution in [0.3, 0.4) is 0 Å². The molecule has 0 aliphatic heterocycles. The quantitative estimate of drug-likeness (QED) is 0.661. The molecule has 2 N–H and O–H groups in total. The largest absolute Gasteiger partial charge is 0.366 e. The van der Waals surface area contributed by atoms with E-state index in [-0.39, 0.29) is 36.2 Å². The Hall–Kier alpha value is -1.14. The van der Waals surface area contributed by atoms with Crippen molar-refractivity contribution >= 4 is 11.8 Å². The highest BCUT2D eigenvalue weighted by molar-refractivity contribution is 5.77. The number of hydrogen-bond donors (Lipinski definition) is 2. The minimum absolute atomic E-state index is 0.0509. The molecule has 0 saturated heterocycles. The molecule has 6 nitrogen and oxygen atoms in total. The van der Waals surface area contributed by atoms with Gasteiger partial charge in [-0.15, -0.1) is 0 Å². The van der Waals surface area contributed by atoms with E-state index in [1.807, 2.05) is 41.5 Å². The zero-order valence-electron chi connectivity index (χ0n) is 14.2. The zero-order chi connectivity index (χ0) is 16.5. The number of carbonyl (C=O) groups excluding carboxylic acids is 2. The molecule has 2 amide bonds. The molecule has 0 heterocycles. The summed E-state index contributed by atoms with van der Waals surface area (Å²) in [5.41, 5.74) is -0.642. The van der Waals surface area contributed by atoms with Gasteiger partial charge in [-0.1, -0.05) is 0 Å². The van der Waals surface area contributed by atoms with Crippen LogP contribution in [0.2, 0.25) is 0 Å². The van der Waals surface area contributed by atoms with Crippen molar-refractivity contribution in [3.05, 3.63) is 0 Å². The molecule has 0 fully saturated rings. The monoisotopic (exact) mass is 302 g/mol. The number of amides is 2. The topological polar surface area (TPSA) is 76.7 Å². The molecule has 0 aromatic heterocycles. The molecule has 0 bridgehead atoms. The van der Waals surface area contributed by atoms with Crippen molar-refractivity contribution in [2.24, 2.45) is 0 Å². The predicted octanol–water partition coefficient (Wildman–Crippen LogP) is 1.24. The number of nitrogens with one attached hydrogen (secondary N) is 2. The molecule has 124 valence electrons. The van der Waals surface area contributed by atoms with Crippen LogP contribution in [-0.2, 0) is 19.1 Å². The van der Waals surface area contributed by atoms with Crippen LogP contribution >= 0.6 is 0 Å². The van der Waals surface area contributed by atoms with Crippen molar-refractivity contribution < 1.29 is 19.1 Å². The lowest BCUT2D eigenvalue weighted by atomic mass is 10.2. The summed E-state index contributed by atoms with van der Waals surface area (Å²) in [5, 5.41) is 5.48. The fourth-order valence-corrected chi connectivity index (χ4v) is 1.21. The van der Waals surface area contributed by atoms with E-state index in [0.717, 1.165) is 0 Å². The Bertz CT molecular complexity index is 298. The first-order valence-corrected chi connectivity index (χ1v) is 7.31. The summed E-state index contributed by atoms with van der Waals surface area (Å²) < 4.78 is 10.7. The molecule has 0 atom stereocenters. The maximum Gasteiger partial charge on any atom is 0.246 e. The van der Waals surface area contributed by atoms with E-state index >= 15 is 0 Å². The van der Waals surface area contributed by atoms with Gasteiger partial charge in [-0.3, -0.25) is 9.59 Å². The van der Waals surface area contributed by atoms with Gasteiger partial charge in [-0.25, -0.2) is 0 Å². The molecule has 0 spiro atoms. The first kappa shape index (κ1) is 19.9. The third kappa shape index (κ3) is 15.1. The highest BCUT2D eigenvalue weighted by Gasteiger charge is 2.13. The third-order valence-corrected chi connectivity index (χ3v) is 2.27. The van der Waals surface area contributed by atoms with E-state index in [2.05, 4.69) is 10.6 Å². The summed E-state index contributed by atoms with van der Waals surface area (Å²) in [4.78, 5) is 22.9. The molecule has 6 heteroatoms. The molecule has 0 unspecified atom stereocenters.